The van der Waals surface area contributed by atoms with Gasteiger partial charge in [0.05, 0.1) is 0 Å². The van der Waals surface area contributed by atoms with Gasteiger partial charge in [-0.15, -0.1) is 0 Å². The number of rotatable bonds is 5. The van der Waals surface area contributed by atoms with Gasteiger partial charge >= 0.3 is 0 Å². The highest BCUT2D eigenvalue weighted by Gasteiger charge is 2.21. The molecule has 1 atom stereocenters. The van der Waals surface area contributed by atoms with Gasteiger partial charge in [-0.25, -0.2) is 8.78 Å². The first-order valence-corrected chi connectivity index (χ1v) is 7.52. The monoisotopic (exact) mass is 303 g/mol. The third kappa shape index (κ3) is 4.04. The molecule has 1 aliphatic rings. The second kappa shape index (κ2) is 6.88. The third-order valence-corrected chi connectivity index (χ3v) is 3.84. The van der Waals surface area contributed by atoms with Gasteiger partial charge in [-0.1, -0.05) is 24.3 Å². The molecule has 1 fully saturated rings. The Bertz CT molecular complexity index is 615. The Balaban J connectivity index is 1.53. The highest BCUT2D eigenvalue weighted by atomic mass is 19.1. The van der Waals surface area contributed by atoms with Gasteiger partial charge in [0.1, 0.15) is 24.3 Å². The normalized spacial score (nSPS) is 18.5. The maximum Gasteiger partial charge on any atom is 0.123 e. The van der Waals surface area contributed by atoms with Crippen LogP contribution in [0.3, 0.4) is 0 Å². The predicted molar refractivity (Wildman–Crippen MR) is 82.0 cm³/mol. The van der Waals surface area contributed by atoms with Crippen molar-refractivity contribution in [2.45, 2.75) is 25.7 Å². The molecular weight excluding hydrogens is 284 g/mol. The SMILES string of the molecule is Fc1cccc(COc2ccc(CN3CC[C@@H](F)C3)cc2)c1. The number of benzene rings is 2. The number of halogens is 2. The first kappa shape index (κ1) is 15.0. The molecule has 0 N–H and O–H groups in total. The van der Waals surface area contributed by atoms with E-state index in [1.54, 1.807) is 6.07 Å². The number of hydrogen-bond acceptors (Lipinski definition) is 2. The fraction of sp³-hybridized carbons (Fsp3) is 0.333. The van der Waals surface area contributed by atoms with Gasteiger partial charge in [-0.2, -0.15) is 0 Å². The van der Waals surface area contributed by atoms with E-state index < -0.39 is 6.17 Å². The predicted octanol–water partition coefficient (Wildman–Crippen LogP) is 3.95. The van der Waals surface area contributed by atoms with E-state index in [2.05, 4.69) is 4.90 Å². The van der Waals surface area contributed by atoms with Crippen molar-refractivity contribution in [3.05, 3.63) is 65.5 Å². The topological polar surface area (TPSA) is 12.5 Å². The van der Waals surface area contributed by atoms with Crippen LogP contribution in [-0.2, 0) is 13.2 Å². The number of hydrogen-bond donors (Lipinski definition) is 0. The zero-order valence-electron chi connectivity index (χ0n) is 12.3. The second-order valence-corrected chi connectivity index (χ2v) is 5.68. The first-order valence-electron chi connectivity index (χ1n) is 7.52. The summed E-state index contributed by atoms with van der Waals surface area (Å²) >= 11 is 0. The Kier molecular flexibility index (Phi) is 4.68. The Hall–Kier alpha value is -1.94. The number of nitrogens with zero attached hydrogens (tertiary/aromatic N) is 1. The van der Waals surface area contributed by atoms with Gasteiger partial charge < -0.3 is 4.74 Å². The molecule has 1 aliphatic heterocycles. The van der Waals surface area contributed by atoms with Crippen molar-refractivity contribution in [3.8, 4) is 5.75 Å². The molecule has 0 saturated carbocycles. The molecule has 0 radical (unpaired) electrons. The highest BCUT2D eigenvalue weighted by molar-refractivity contribution is 5.28. The van der Waals surface area contributed by atoms with Crippen molar-refractivity contribution < 1.29 is 13.5 Å². The van der Waals surface area contributed by atoms with E-state index in [1.807, 2.05) is 30.3 Å². The van der Waals surface area contributed by atoms with Crippen LogP contribution < -0.4 is 4.74 Å². The van der Waals surface area contributed by atoms with E-state index in [0.29, 0.717) is 19.6 Å². The lowest BCUT2D eigenvalue weighted by atomic mass is 10.2. The van der Waals surface area contributed by atoms with Crippen molar-refractivity contribution in [1.82, 2.24) is 4.90 Å². The largest absolute Gasteiger partial charge is 0.489 e. The maximum atomic E-state index is 13.1. The van der Waals surface area contributed by atoms with Crippen molar-refractivity contribution in [3.63, 3.8) is 0 Å². The Morgan fingerprint density at radius 3 is 2.59 bits per heavy atom. The molecule has 3 rings (SSSR count). The first-order chi connectivity index (χ1) is 10.7. The van der Waals surface area contributed by atoms with Gasteiger partial charge in [0.2, 0.25) is 0 Å². The van der Waals surface area contributed by atoms with E-state index in [9.17, 15) is 8.78 Å². The van der Waals surface area contributed by atoms with Crippen LogP contribution in [0.25, 0.3) is 0 Å². The summed E-state index contributed by atoms with van der Waals surface area (Å²) in [6.45, 7) is 2.45. The lowest BCUT2D eigenvalue weighted by molar-refractivity contribution is 0.282. The molecule has 1 heterocycles. The molecule has 2 aromatic rings. The Labute approximate surface area is 129 Å². The summed E-state index contributed by atoms with van der Waals surface area (Å²) in [7, 11) is 0. The molecule has 22 heavy (non-hydrogen) atoms. The van der Waals surface area contributed by atoms with Gasteiger partial charge in [0.25, 0.3) is 0 Å². The van der Waals surface area contributed by atoms with Gasteiger partial charge in [0.15, 0.2) is 0 Å². The molecule has 2 nitrogen and oxygen atoms in total. The van der Waals surface area contributed by atoms with Gasteiger partial charge in [0, 0.05) is 19.6 Å². The van der Waals surface area contributed by atoms with Crippen LogP contribution >= 0.6 is 0 Å². The number of alkyl halides is 1. The molecule has 0 aliphatic carbocycles. The fourth-order valence-electron chi connectivity index (χ4n) is 2.67. The second-order valence-electron chi connectivity index (χ2n) is 5.68. The minimum Gasteiger partial charge on any atom is -0.489 e. The quantitative estimate of drug-likeness (QED) is 0.829. The molecule has 0 bridgehead atoms. The Morgan fingerprint density at radius 2 is 1.91 bits per heavy atom. The fourth-order valence-corrected chi connectivity index (χ4v) is 2.67. The van der Waals surface area contributed by atoms with Crippen LogP contribution in [0, 0.1) is 5.82 Å². The average Bonchev–Trinajstić information content (AvgIpc) is 2.92. The average molecular weight is 303 g/mol. The summed E-state index contributed by atoms with van der Waals surface area (Å²) < 4.78 is 31.9. The minimum absolute atomic E-state index is 0.256. The van der Waals surface area contributed by atoms with E-state index >= 15 is 0 Å². The van der Waals surface area contributed by atoms with Crippen molar-refractivity contribution in [2.24, 2.45) is 0 Å². The lowest BCUT2D eigenvalue weighted by Gasteiger charge is -2.15. The lowest BCUT2D eigenvalue weighted by Crippen LogP contribution is -2.20. The highest BCUT2D eigenvalue weighted by Crippen LogP contribution is 2.19. The number of ether oxygens (including phenoxy) is 1. The minimum atomic E-state index is -0.686. The summed E-state index contributed by atoms with van der Waals surface area (Å²) in [4.78, 5) is 2.12. The standard InChI is InChI=1S/C18H19F2NO/c19-16-3-1-2-15(10-16)13-22-18-6-4-14(5-7-18)11-21-9-8-17(20)12-21/h1-7,10,17H,8-9,11-13H2/t17-/m1/s1. The number of likely N-dealkylation sites (tertiary alicyclic amines) is 1. The molecule has 4 heteroatoms. The Morgan fingerprint density at radius 1 is 1.09 bits per heavy atom. The van der Waals surface area contributed by atoms with E-state index in [4.69, 9.17) is 4.74 Å². The zero-order chi connectivity index (χ0) is 15.4. The molecule has 0 aromatic heterocycles. The molecule has 116 valence electrons. The molecule has 0 amide bonds. The van der Waals surface area contributed by atoms with Crippen LogP contribution in [0.1, 0.15) is 17.5 Å². The van der Waals surface area contributed by atoms with E-state index in [1.165, 1.54) is 12.1 Å². The summed E-state index contributed by atoms with van der Waals surface area (Å²) in [5.41, 5.74) is 1.95. The third-order valence-electron chi connectivity index (χ3n) is 3.84. The maximum absolute atomic E-state index is 13.1. The van der Waals surface area contributed by atoms with Crippen molar-refractivity contribution in [1.29, 1.82) is 0 Å². The van der Waals surface area contributed by atoms with Crippen molar-refractivity contribution >= 4 is 0 Å². The zero-order valence-corrected chi connectivity index (χ0v) is 12.3. The molecular formula is C18H19F2NO. The molecule has 0 spiro atoms. The van der Waals surface area contributed by atoms with Gasteiger partial charge in [-0.05, 0) is 41.8 Å². The molecule has 0 unspecified atom stereocenters. The summed E-state index contributed by atoms with van der Waals surface area (Å²) in [6, 6.07) is 14.2. The van der Waals surface area contributed by atoms with Crippen LogP contribution in [0.5, 0.6) is 5.75 Å². The molecule has 1 saturated heterocycles. The van der Waals surface area contributed by atoms with Gasteiger partial charge in [-0.3, -0.25) is 4.90 Å². The summed E-state index contributed by atoms with van der Waals surface area (Å²) in [5.74, 6) is 0.492. The summed E-state index contributed by atoms with van der Waals surface area (Å²) in [6.07, 6.45) is -0.0525. The summed E-state index contributed by atoms with van der Waals surface area (Å²) in [5, 5.41) is 0. The van der Waals surface area contributed by atoms with Crippen LogP contribution in [0.4, 0.5) is 8.78 Å². The van der Waals surface area contributed by atoms with E-state index in [-0.39, 0.29) is 5.82 Å². The smallest absolute Gasteiger partial charge is 0.123 e. The van der Waals surface area contributed by atoms with Crippen LogP contribution in [0.15, 0.2) is 48.5 Å². The van der Waals surface area contributed by atoms with Crippen LogP contribution in [0.2, 0.25) is 0 Å². The van der Waals surface area contributed by atoms with Crippen molar-refractivity contribution in [2.75, 3.05) is 13.1 Å². The van der Waals surface area contributed by atoms with E-state index in [0.717, 1.165) is 30.0 Å². The molecule has 2 aromatic carbocycles. The van der Waals surface area contributed by atoms with Crippen LogP contribution in [-0.4, -0.2) is 24.2 Å².